The van der Waals surface area contributed by atoms with E-state index in [1.54, 1.807) is 24.3 Å². The molecule has 6 nitrogen and oxygen atoms in total. The predicted octanol–water partition coefficient (Wildman–Crippen LogP) is 0.469. The zero-order chi connectivity index (χ0) is 15.5. The van der Waals surface area contributed by atoms with E-state index in [9.17, 15) is 9.59 Å². The standard InChI is InChI=1S/C16H22N4O2/c1-20-14(21)8-13(15(20)11-4-2-6-17-9-11)16(22)19-12-5-3-7-18-10-12/h2,4,6,9,12-13,15,18H,3,5,7-8,10H2,1H3,(H,19,22)/t12-,13?,15?/m0/s1. The molecule has 2 amide bonds. The first kappa shape index (κ1) is 15.0. The quantitative estimate of drug-likeness (QED) is 0.851. The number of carbonyl (C=O) groups is 2. The average Bonchev–Trinajstić information content (AvgIpc) is 2.85. The normalized spacial score (nSPS) is 28.7. The van der Waals surface area contributed by atoms with E-state index >= 15 is 0 Å². The number of hydrogen-bond donors (Lipinski definition) is 2. The van der Waals surface area contributed by atoms with Gasteiger partial charge < -0.3 is 15.5 Å². The fourth-order valence-electron chi connectivity index (χ4n) is 3.39. The Morgan fingerprint density at radius 3 is 3.05 bits per heavy atom. The summed E-state index contributed by atoms with van der Waals surface area (Å²) < 4.78 is 0. The summed E-state index contributed by atoms with van der Waals surface area (Å²) in [7, 11) is 1.76. The van der Waals surface area contributed by atoms with Crippen LogP contribution in [0.25, 0.3) is 0 Å². The minimum atomic E-state index is -0.344. The molecule has 2 fully saturated rings. The molecule has 2 aliphatic rings. The molecule has 2 unspecified atom stereocenters. The molecule has 1 aromatic heterocycles. The Morgan fingerprint density at radius 1 is 1.50 bits per heavy atom. The fraction of sp³-hybridized carbons (Fsp3) is 0.562. The molecule has 1 aromatic rings. The lowest BCUT2D eigenvalue weighted by Gasteiger charge is -2.28. The Kier molecular flexibility index (Phi) is 4.38. The van der Waals surface area contributed by atoms with Crippen molar-refractivity contribution in [2.24, 2.45) is 5.92 Å². The molecule has 3 atom stereocenters. The summed E-state index contributed by atoms with van der Waals surface area (Å²) >= 11 is 0. The first-order valence-electron chi connectivity index (χ1n) is 7.83. The number of nitrogens with one attached hydrogen (secondary N) is 2. The Labute approximate surface area is 130 Å². The van der Waals surface area contributed by atoms with Gasteiger partial charge in [-0.05, 0) is 31.0 Å². The molecule has 3 heterocycles. The van der Waals surface area contributed by atoms with Gasteiger partial charge >= 0.3 is 0 Å². The second kappa shape index (κ2) is 6.44. The summed E-state index contributed by atoms with van der Waals surface area (Å²) in [5.74, 6) is -0.361. The van der Waals surface area contributed by atoms with Crippen LogP contribution >= 0.6 is 0 Å². The van der Waals surface area contributed by atoms with Crippen molar-refractivity contribution in [3.63, 3.8) is 0 Å². The zero-order valence-electron chi connectivity index (χ0n) is 12.8. The van der Waals surface area contributed by atoms with Crippen LogP contribution in [0.5, 0.6) is 0 Å². The van der Waals surface area contributed by atoms with Gasteiger partial charge in [0.25, 0.3) is 0 Å². The minimum absolute atomic E-state index is 0.00997. The van der Waals surface area contributed by atoms with Crippen LogP contribution in [-0.2, 0) is 9.59 Å². The van der Waals surface area contributed by atoms with Crippen LogP contribution in [0.2, 0.25) is 0 Å². The van der Waals surface area contributed by atoms with Crippen LogP contribution < -0.4 is 10.6 Å². The molecule has 118 valence electrons. The Morgan fingerprint density at radius 2 is 2.36 bits per heavy atom. The van der Waals surface area contributed by atoms with E-state index in [1.165, 1.54) is 0 Å². The highest BCUT2D eigenvalue weighted by molar-refractivity contribution is 5.90. The monoisotopic (exact) mass is 302 g/mol. The summed E-state index contributed by atoms with van der Waals surface area (Å²) in [5, 5.41) is 6.39. The third-order valence-corrected chi connectivity index (χ3v) is 4.59. The van der Waals surface area contributed by atoms with Crippen molar-refractivity contribution < 1.29 is 9.59 Å². The highest BCUT2D eigenvalue weighted by Gasteiger charge is 2.43. The Bertz CT molecular complexity index is 542. The van der Waals surface area contributed by atoms with Gasteiger partial charge in [0, 0.05) is 38.4 Å². The molecule has 22 heavy (non-hydrogen) atoms. The van der Waals surface area contributed by atoms with Gasteiger partial charge in [0.15, 0.2) is 0 Å². The van der Waals surface area contributed by atoms with Gasteiger partial charge in [0.05, 0.1) is 12.0 Å². The number of aromatic nitrogens is 1. The van der Waals surface area contributed by atoms with E-state index in [0.717, 1.165) is 31.5 Å². The molecular weight excluding hydrogens is 280 g/mol. The molecule has 0 aliphatic carbocycles. The molecule has 0 bridgehead atoms. The summed E-state index contributed by atoms with van der Waals surface area (Å²) in [6, 6.07) is 3.70. The maximum absolute atomic E-state index is 12.7. The van der Waals surface area contributed by atoms with Crippen molar-refractivity contribution in [1.82, 2.24) is 20.5 Å². The van der Waals surface area contributed by atoms with Crippen LogP contribution in [0.3, 0.4) is 0 Å². The maximum Gasteiger partial charge on any atom is 0.226 e. The molecule has 0 saturated carbocycles. The summed E-state index contributed by atoms with van der Waals surface area (Å²) in [4.78, 5) is 30.5. The topological polar surface area (TPSA) is 74.3 Å². The van der Waals surface area contributed by atoms with Crippen molar-refractivity contribution in [2.45, 2.75) is 31.3 Å². The van der Waals surface area contributed by atoms with Crippen LogP contribution in [0, 0.1) is 5.92 Å². The van der Waals surface area contributed by atoms with Gasteiger partial charge in [-0.1, -0.05) is 6.07 Å². The van der Waals surface area contributed by atoms with E-state index in [1.807, 2.05) is 12.1 Å². The van der Waals surface area contributed by atoms with Gasteiger partial charge in [-0.2, -0.15) is 0 Å². The molecule has 2 N–H and O–H groups in total. The molecule has 0 aromatic carbocycles. The van der Waals surface area contributed by atoms with Crippen LogP contribution in [0.1, 0.15) is 30.9 Å². The van der Waals surface area contributed by atoms with E-state index in [4.69, 9.17) is 0 Å². The van der Waals surface area contributed by atoms with E-state index in [-0.39, 0.29) is 36.2 Å². The lowest BCUT2D eigenvalue weighted by atomic mass is 9.93. The number of pyridine rings is 1. The number of amides is 2. The van der Waals surface area contributed by atoms with E-state index in [0.29, 0.717) is 0 Å². The molecule has 0 radical (unpaired) electrons. The number of piperidine rings is 1. The lowest BCUT2D eigenvalue weighted by Crippen LogP contribution is -2.48. The highest BCUT2D eigenvalue weighted by atomic mass is 16.2. The highest BCUT2D eigenvalue weighted by Crippen LogP contribution is 2.36. The lowest BCUT2D eigenvalue weighted by molar-refractivity contribution is -0.128. The Balaban J connectivity index is 1.75. The molecule has 3 rings (SSSR count). The molecule has 2 aliphatic heterocycles. The number of likely N-dealkylation sites (tertiary alicyclic amines) is 1. The van der Waals surface area contributed by atoms with Crippen molar-refractivity contribution >= 4 is 11.8 Å². The van der Waals surface area contributed by atoms with Crippen molar-refractivity contribution in [3.8, 4) is 0 Å². The van der Waals surface area contributed by atoms with E-state index in [2.05, 4.69) is 15.6 Å². The van der Waals surface area contributed by atoms with Gasteiger partial charge in [-0.3, -0.25) is 14.6 Å². The molecular formula is C16H22N4O2. The summed E-state index contributed by atoms with van der Waals surface area (Å²) in [6.45, 7) is 1.81. The van der Waals surface area contributed by atoms with Gasteiger partial charge in [0.1, 0.15) is 0 Å². The first-order valence-corrected chi connectivity index (χ1v) is 7.83. The smallest absolute Gasteiger partial charge is 0.226 e. The van der Waals surface area contributed by atoms with Crippen molar-refractivity contribution in [3.05, 3.63) is 30.1 Å². The van der Waals surface area contributed by atoms with E-state index < -0.39 is 0 Å². The maximum atomic E-state index is 12.7. The average molecular weight is 302 g/mol. The third-order valence-electron chi connectivity index (χ3n) is 4.59. The number of carbonyl (C=O) groups excluding carboxylic acids is 2. The van der Waals surface area contributed by atoms with Crippen LogP contribution in [-0.4, -0.2) is 47.9 Å². The third kappa shape index (κ3) is 2.97. The second-order valence-corrected chi connectivity index (χ2v) is 6.10. The summed E-state index contributed by atoms with van der Waals surface area (Å²) in [6.07, 6.45) is 5.76. The first-order chi connectivity index (χ1) is 10.7. The second-order valence-electron chi connectivity index (χ2n) is 6.10. The van der Waals surface area contributed by atoms with Crippen molar-refractivity contribution in [2.75, 3.05) is 20.1 Å². The van der Waals surface area contributed by atoms with Gasteiger partial charge in [0.2, 0.25) is 11.8 Å². The fourth-order valence-corrected chi connectivity index (χ4v) is 3.39. The molecule has 2 saturated heterocycles. The van der Waals surface area contributed by atoms with Crippen molar-refractivity contribution in [1.29, 1.82) is 0 Å². The number of rotatable bonds is 3. The summed E-state index contributed by atoms with van der Waals surface area (Å²) in [5.41, 5.74) is 0.915. The van der Waals surface area contributed by atoms with Crippen LogP contribution in [0.15, 0.2) is 24.5 Å². The zero-order valence-corrected chi connectivity index (χ0v) is 12.8. The minimum Gasteiger partial charge on any atom is -0.352 e. The van der Waals surface area contributed by atoms with Gasteiger partial charge in [-0.25, -0.2) is 0 Å². The Hall–Kier alpha value is -1.95. The predicted molar refractivity (Wildman–Crippen MR) is 81.9 cm³/mol. The molecule has 6 heteroatoms. The SMILES string of the molecule is CN1C(=O)CC(C(=O)N[C@H]2CCCNC2)C1c1cccnc1. The molecule has 0 spiro atoms. The largest absolute Gasteiger partial charge is 0.352 e. The number of hydrogen-bond acceptors (Lipinski definition) is 4. The van der Waals surface area contributed by atoms with Gasteiger partial charge in [-0.15, -0.1) is 0 Å². The number of nitrogens with zero attached hydrogens (tertiary/aromatic N) is 2. The van der Waals surface area contributed by atoms with Crippen LogP contribution in [0.4, 0.5) is 0 Å².